The van der Waals surface area contributed by atoms with Gasteiger partial charge in [0.25, 0.3) is 0 Å². The molecule has 2 aliphatic rings. The van der Waals surface area contributed by atoms with Crippen LogP contribution in [0, 0.1) is 0 Å². The van der Waals surface area contributed by atoms with E-state index < -0.39 is 0 Å². The standard InChI is InChI=1S/C11H21NO/c1-2-5-10(4-1)12-11-6-3-8-13-9-7-11/h10-12H,1-9H2. The van der Waals surface area contributed by atoms with E-state index in [0.717, 1.165) is 25.3 Å². The van der Waals surface area contributed by atoms with Crippen molar-refractivity contribution in [3.63, 3.8) is 0 Å². The highest BCUT2D eigenvalue weighted by molar-refractivity contribution is 4.79. The normalized spacial score (nSPS) is 31.8. The molecule has 0 radical (unpaired) electrons. The highest BCUT2D eigenvalue weighted by Crippen LogP contribution is 2.20. The third kappa shape index (κ3) is 2.96. The van der Waals surface area contributed by atoms with Crippen molar-refractivity contribution in [2.24, 2.45) is 0 Å². The molecule has 0 aromatic carbocycles. The molecule has 1 N–H and O–H groups in total. The maximum Gasteiger partial charge on any atom is 0.0480 e. The fraction of sp³-hybridized carbons (Fsp3) is 1.00. The quantitative estimate of drug-likeness (QED) is 0.707. The van der Waals surface area contributed by atoms with E-state index >= 15 is 0 Å². The van der Waals surface area contributed by atoms with Gasteiger partial charge in [0.05, 0.1) is 0 Å². The molecule has 0 aromatic heterocycles. The van der Waals surface area contributed by atoms with Gasteiger partial charge in [-0.1, -0.05) is 12.8 Å². The Morgan fingerprint density at radius 3 is 2.31 bits per heavy atom. The van der Waals surface area contributed by atoms with Crippen LogP contribution in [0.5, 0.6) is 0 Å². The molecule has 13 heavy (non-hydrogen) atoms. The van der Waals surface area contributed by atoms with Crippen LogP contribution in [0.3, 0.4) is 0 Å². The second-order valence-corrected chi connectivity index (χ2v) is 4.39. The minimum atomic E-state index is 0.741. The highest BCUT2D eigenvalue weighted by Gasteiger charge is 2.19. The molecule has 0 spiro atoms. The van der Waals surface area contributed by atoms with Crippen molar-refractivity contribution in [2.75, 3.05) is 13.2 Å². The number of nitrogens with one attached hydrogen (secondary N) is 1. The molecule has 2 rings (SSSR count). The molecule has 1 unspecified atom stereocenters. The lowest BCUT2D eigenvalue weighted by Crippen LogP contribution is -2.36. The molecule has 0 aromatic rings. The molecule has 1 atom stereocenters. The second-order valence-electron chi connectivity index (χ2n) is 4.39. The summed E-state index contributed by atoms with van der Waals surface area (Å²) in [6.07, 6.45) is 9.44. The maximum absolute atomic E-state index is 5.45. The van der Waals surface area contributed by atoms with Crippen molar-refractivity contribution < 1.29 is 4.74 Å². The van der Waals surface area contributed by atoms with E-state index in [9.17, 15) is 0 Å². The van der Waals surface area contributed by atoms with Crippen LogP contribution in [-0.2, 0) is 4.74 Å². The summed E-state index contributed by atoms with van der Waals surface area (Å²) >= 11 is 0. The van der Waals surface area contributed by atoms with Crippen LogP contribution < -0.4 is 5.32 Å². The minimum Gasteiger partial charge on any atom is -0.381 e. The fourth-order valence-corrected chi connectivity index (χ4v) is 2.50. The van der Waals surface area contributed by atoms with E-state index in [2.05, 4.69) is 5.32 Å². The Balaban J connectivity index is 1.71. The second kappa shape index (κ2) is 4.97. The van der Waals surface area contributed by atoms with Crippen molar-refractivity contribution >= 4 is 0 Å². The topological polar surface area (TPSA) is 21.3 Å². The smallest absolute Gasteiger partial charge is 0.0480 e. The van der Waals surface area contributed by atoms with Gasteiger partial charge in [-0.25, -0.2) is 0 Å². The van der Waals surface area contributed by atoms with Crippen molar-refractivity contribution in [3.8, 4) is 0 Å². The predicted octanol–water partition coefficient (Wildman–Crippen LogP) is 2.09. The van der Waals surface area contributed by atoms with Crippen molar-refractivity contribution in [3.05, 3.63) is 0 Å². The summed E-state index contributed by atoms with van der Waals surface area (Å²) < 4.78 is 5.45. The molecule has 0 amide bonds. The highest BCUT2D eigenvalue weighted by atomic mass is 16.5. The van der Waals surface area contributed by atoms with Gasteiger partial charge in [-0.2, -0.15) is 0 Å². The fourth-order valence-electron chi connectivity index (χ4n) is 2.50. The largest absolute Gasteiger partial charge is 0.381 e. The maximum atomic E-state index is 5.45. The van der Waals surface area contributed by atoms with Gasteiger partial charge < -0.3 is 10.1 Å². The van der Waals surface area contributed by atoms with Crippen molar-refractivity contribution in [2.45, 2.75) is 57.0 Å². The summed E-state index contributed by atoms with van der Waals surface area (Å²) in [4.78, 5) is 0. The lowest BCUT2D eigenvalue weighted by atomic mass is 10.1. The van der Waals surface area contributed by atoms with Gasteiger partial charge in [0.15, 0.2) is 0 Å². The average molecular weight is 183 g/mol. The summed E-state index contributed by atoms with van der Waals surface area (Å²) in [6, 6.07) is 1.56. The van der Waals surface area contributed by atoms with Crippen molar-refractivity contribution in [1.29, 1.82) is 0 Å². The van der Waals surface area contributed by atoms with Crippen LogP contribution in [0.25, 0.3) is 0 Å². The molecule has 1 saturated heterocycles. The van der Waals surface area contributed by atoms with Gasteiger partial charge in [0, 0.05) is 25.3 Å². The molecule has 2 heteroatoms. The van der Waals surface area contributed by atoms with E-state index in [-0.39, 0.29) is 0 Å². The first kappa shape index (κ1) is 9.47. The van der Waals surface area contributed by atoms with Crippen LogP contribution in [0.1, 0.15) is 44.9 Å². The van der Waals surface area contributed by atoms with Crippen LogP contribution in [0.15, 0.2) is 0 Å². The molecule has 1 saturated carbocycles. The number of hydrogen-bond donors (Lipinski definition) is 1. The summed E-state index contributed by atoms with van der Waals surface area (Å²) in [5.74, 6) is 0. The minimum absolute atomic E-state index is 0.741. The van der Waals surface area contributed by atoms with Crippen LogP contribution in [0.4, 0.5) is 0 Å². The van der Waals surface area contributed by atoms with Crippen molar-refractivity contribution in [1.82, 2.24) is 5.32 Å². The first-order valence-electron chi connectivity index (χ1n) is 5.79. The van der Waals surface area contributed by atoms with Gasteiger partial charge in [0.2, 0.25) is 0 Å². The lowest BCUT2D eigenvalue weighted by molar-refractivity contribution is 0.142. The first-order chi connectivity index (χ1) is 6.45. The van der Waals surface area contributed by atoms with Gasteiger partial charge in [-0.3, -0.25) is 0 Å². The zero-order valence-corrected chi connectivity index (χ0v) is 8.43. The Morgan fingerprint density at radius 2 is 1.46 bits per heavy atom. The Morgan fingerprint density at radius 1 is 0.769 bits per heavy atom. The first-order valence-corrected chi connectivity index (χ1v) is 5.79. The van der Waals surface area contributed by atoms with Gasteiger partial charge >= 0.3 is 0 Å². The van der Waals surface area contributed by atoms with E-state index in [1.54, 1.807) is 0 Å². The third-order valence-electron chi connectivity index (χ3n) is 3.28. The predicted molar refractivity (Wildman–Crippen MR) is 53.8 cm³/mol. The SMILES string of the molecule is C1CCC(NC2CCCOCC2)C1. The molecule has 0 bridgehead atoms. The van der Waals surface area contributed by atoms with Gasteiger partial charge in [-0.05, 0) is 32.1 Å². The molecule has 1 heterocycles. The average Bonchev–Trinajstić information content (AvgIpc) is 2.49. The molecular weight excluding hydrogens is 162 g/mol. The van der Waals surface area contributed by atoms with Crippen LogP contribution >= 0.6 is 0 Å². The van der Waals surface area contributed by atoms with E-state index in [1.165, 1.54) is 44.9 Å². The number of rotatable bonds is 2. The summed E-state index contributed by atoms with van der Waals surface area (Å²) in [5.41, 5.74) is 0. The molecule has 2 nitrogen and oxygen atoms in total. The molecule has 1 aliphatic heterocycles. The van der Waals surface area contributed by atoms with E-state index in [0.29, 0.717) is 0 Å². The number of hydrogen-bond acceptors (Lipinski definition) is 2. The molecule has 2 fully saturated rings. The van der Waals surface area contributed by atoms with E-state index in [4.69, 9.17) is 4.74 Å². The van der Waals surface area contributed by atoms with Gasteiger partial charge in [-0.15, -0.1) is 0 Å². The number of ether oxygens (including phenoxy) is 1. The van der Waals surface area contributed by atoms with Crippen LogP contribution in [0.2, 0.25) is 0 Å². The summed E-state index contributed by atoms with van der Waals surface area (Å²) in [5, 5.41) is 3.78. The monoisotopic (exact) mass is 183 g/mol. The Labute approximate surface area is 81.0 Å². The van der Waals surface area contributed by atoms with Crippen LogP contribution in [-0.4, -0.2) is 25.3 Å². The van der Waals surface area contributed by atoms with E-state index in [1.807, 2.05) is 0 Å². The lowest BCUT2D eigenvalue weighted by Gasteiger charge is -2.20. The zero-order chi connectivity index (χ0) is 8.93. The Bertz CT molecular complexity index is 135. The Hall–Kier alpha value is -0.0800. The molecule has 76 valence electrons. The summed E-state index contributed by atoms with van der Waals surface area (Å²) in [7, 11) is 0. The van der Waals surface area contributed by atoms with Gasteiger partial charge in [0.1, 0.15) is 0 Å². The third-order valence-corrected chi connectivity index (χ3v) is 3.28. The molecule has 1 aliphatic carbocycles. The summed E-state index contributed by atoms with van der Waals surface area (Å²) in [6.45, 7) is 1.94. The molecular formula is C11H21NO. The zero-order valence-electron chi connectivity index (χ0n) is 8.43. The Kier molecular flexibility index (Phi) is 3.62.